The molecule has 8 heteroatoms. The van der Waals surface area contributed by atoms with Gasteiger partial charge in [0.25, 0.3) is 0 Å². The van der Waals surface area contributed by atoms with Crippen molar-refractivity contribution in [3.8, 4) is 6.07 Å². The zero-order valence-corrected chi connectivity index (χ0v) is 18.5. The molecule has 0 saturated carbocycles. The molecule has 1 amide bonds. The highest BCUT2D eigenvalue weighted by Gasteiger charge is 2.28. The minimum atomic E-state index is -0.0361. The number of rotatable bonds is 6. The van der Waals surface area contributed by atoms with Crippen LogP contribution in [0, 0.1) is 17.2 Å². The van der Waals surface area contributed by atoms with Crippen LogP contribution in [-0.4, -0.2) is 53.5 Å². The third kappa shape index (κ3) is 4.47. The second-order valence-electron chi connectivity index (χ2n) is 8.43. The van der Waals surface area contributed by atoms with Crippen molar-refractivity contribution in [2.75, 3.05) is 42.9 Å². The maximum atomic E-state index is 12.3. The Balaban J connectivity index is 1.45. The van der Waals surface area contributed by atoms with Crippen molar-refractivity contribution in [1.29, 1.82) is 5.26 Å². The molecule has 0 aromatic carbocycles. The Bertz CT molecular complexity index is 942. The highest BCUT2D eigenvalue weighted by Crippen LogP contribution is 2.34. The summed E-state index contributed by atoms with van der Waals surface area (Å²) in [5.41, 5.74) is 4.49. The van der Waals surface area contributed by atoms with Gasteiger partial charge in [-0.2, -0.15) is 5.26 Å². The smallest absolute Gasteiger partial charge is 0.240 e. The molecule has 158 valence electrons. The Labute approximate surface area is 181 Å². The minimum Gasteiger partial charge on any atom is -0.353 e. The summed E-state index contributed by atoms with van der Waals surface area (Å²) in [5, 5.41) is 15.2. The van der Waals surface area contributed by atoms with Crippen LogP contribution >= 0.6 is 11.3 Å². The molecule has 0 spiro atoms. The monoisotopic (exact) mass is 424 g/mol. The first-order chi connectivity index (χ1) is 14.5. The van der Waals surface area contributed by atoms with Crippen molar-refractivity contribution in [2.45, 2.75) is 39.5 Å². The first-order valence-electron chi connectivity index (χ1n) is 10.7. The summed E-state index contributed by atoms with van der Waals surface area (Å²) < 4.78 is 0. The van der Waals surface area contributed by atoms with E-state index in [0.29, 0.717) is 17.6 Å². The van der Waals surface area contributed by atoms with Gasteiger partial charge >= 0.3 is 0 Å². The van der Waals surface area contributed by atoms with Crippen molar-refractivity contribution < 1.29 is 4.79 Å². The molecule has 1 aliphatic carbocycles. The zero-order valence-electron chi connectivity index (χ0n) is 17.6. The quantitative estimate of drug-likeness (QED) is 0.768. The number of pyridine rings is 1. The predicted molar refractivity (Wildman–Crippen MR) is 119 cm³/mol. The van der Waals surface area contributed by atoms with Crippen LogP contribution in [0.1, 0.15) is 42.7 Å². The van der Waals surface area contributed by atoms with E-state index in [1.165, 1.54) is 28.2 Å². The van der Waals surface area contributed by atoms with E-state index in [1.807, 2.05) is 5.38 Å². The number of aromatic nitrogens is 2. The lowest BCUT2D eigenvalue weighted by atomic mass is 9.97. The highest BCUT2D eigenvalue weighted by atomic mass is 32.1. The summed E-state index contributed by atoms with van der Waals surface area (Å²) in [6.45, 7) is 7.88. The van der Waals surface area contributed by atoms with Gasteiger partial charge in [0, 0.05) is 43.4 Å². The number of carbonyl (C=O) groups excluding carboxylic acids is 1. The van der Waals surface area contributed by atoms with Gasteiger partial charge in [-0.05, 0) is 42.7 Å². The number of piperazine rings is 1. The summed E-state index contributed by atoms with van der Waals surface area (Å²) >= 11 is 1.42. The molecule has 0 radical (unpaired) electrons. The van der Waals surface area contributed by atoms with Crippen LogP contribution in [0.2, 0.25) is 0 Å². The maximum Gasteiger partial charge on any atom is 0.240 e. The maximum absolute atomic E-state index is 12.3. The van der Waals surface area contributed by atoms with Crippen LogP contribution in [0.25, 0.3) is 0 Å². The fraction of sp³-hybridized carbons (Fsp3) is 0.545. The van der Waals surface area contributed by atoms with Crippen molar-refractivity contribution in [3.05, 3.63) is 34.0 Å². The molecule has 4 rings (SSSR count). The van der Waals surface area contributed by atoms with Crippen LogP contribution in [-0.2, 0) is 24.1 Å². The molecule has 2 aliphatic rings. The predicted octanol–water partition coefficient (Wildman–Crippen LogP) is 2.86. The number of nitriles is 1. The summed E-state index contributed by atoms with van der Waals surface area (Å²) in [5.74, 6) is 1.35. The van der Waals surface area contributed by atoms with E-state index >= 15 is 0 Å². The number of anilines is 2. The molecular weight excluding hydrogens is 396 g/mol. The third-order valence-corrected chi connectivity index (χ3v) is 6.45. The fourth-order valence-corrected chi connectivity index (χ4v) is 4.94. The second-order valence-corrected chi connectivity index (χ2v) is 9.32. The Morgan fingerprint density at radius 1 is 1.27 bits per heavy atom. The van der Waals surface area contributed by atoms with Crippen molar-refractivity contribution in [2.24, 2.45) is 5.92 Å². The molecular formula is C22H28N6OS. The lowest BCUT2D eigenvalue weighted by molar-refractivity contribution is -0.117. The summed E-state index contributed by atoms with van der Waals surface area (Å²) in [6, 6.07) is 2.45. The van der Waals surface area contributed by atoms with Gasteiger partial charge in [0.2, 0.25) is 5.91 Å². The number of nitrogens with one attached hydrogen (secondary N) is 1. The number of hydrogen-bond acceptors (Lipinski definition) is 7. The number of thiazole rings is 1. The lowest BCUT2D eigenvalue weighted by Crippen LogP contribution is -2.49. The van der Waals surface area contributed by atoms with E-state index in [-0.39, 0.29) is 5.91 Å². The van der Waals surface area contributed by atoms with Gasteiger partial charge in [-0.15, -0.1) is 11.3 Å². The summed E-state index contributed by atoms with van der Waals surface area (Å²) in [6.07, 6.45) is 5.78. The average Bonchev–Trinajstić information content (AvgIpc) is 3.40. The lowest BCUT2D eigenvalue weighted by Gasteiger charge is -2.36. The molecule has 0 unspecified atom stereocenters. The van der Waals surface area contributed by atoms with Gasteiger partial charge in [0.15, 0.2) is 5.13 Å². The van der Waals surface area contributed by atoms with E-state index in [1.54, 1.807) is 6.20 Å². The van der Waals surface area contributed by atoms with Gasteiger partial charge in [0.05, 0.1) is 12.1 Å². The van der Waals surface area contributed by atoms with Crippen molar-refractivity contribution in [3.63, 3.8) is 0 Å². The SMILES string of the molecule is CC(C)Cc1nc(N2CCN(CC(=O)Nc3nccs3)CC2)c(C#N)c2c1CCC2. The van der Waals surface area contributed by atoms with Crippen molar-refractivity contribution in [1.82, 2.24) is 14.9 Å². The Kier molecular flexibility index (Phi) is 6.30. The average molecular weight is 425 g/mol. The molecule has 0 atom stereocenters. The van der Waals surface area contributed by atoms with Crippen molar-refractivity contribution >= 4 is 28.2 Å². The molecule has 7 nitrogen and oxygen atoms in total. The first kappa shape index (κ1) is 20.8. The summed E-state index contributed by atoms with van der Waals surface area (Å²) in [7, 11) is 0. The molecule has 1 N–H and O–H groups in total. The van der Waals surface area contributed by atoms with E-state index in [4.69, 9.17) is 4.98 Å². The van der Waals surface area contributed by atoms with E-state index < -0.39 is 0 Å². The third-order valence-electron chi connectivity index (χ3n) is 5.76. The van der Waals surface area contributed by atoms with Crippen LogP contribution in [0.4, 0.5) is 10.9 Å². The largest absolute Gasteiger partial charge is 0.353 e. The number of fused-ring (bicyclic) bond motifs is 1. The Morgan fingerprint density at radius 2 is 2.03 bits per heavy atom. The molecule has 1 fully saturated rings. The minimum absolute atomic E-state index is 0.0361. The summed E-state index contributed by atoms with van der Waals surface area (Å²) in [4.78, 5) is 25.7. The number of carbonyl (C=O) groups is 1. The van der Waals surface area contributed by atoms with Crippen LogP contribution in [0.5, 0.6) is 0 Å². The molecule has 2 aromatic rings. The first-order valence-corrected chi connectivity index (χ1v) is 11.5. The number of amides is 1. The van der Waals surface area contributed by atoms with Gasteiger partial charge in [-0.1, -0.05) is 13.8 Å². The van der Waals surface area contributed by atoms with Gasteiger partial charge < -0.3 is 10.2 Å². The van der Waals surface area contributed by atoms with Gasteiger partial charge in [0.1, 0.15) is 11.9 Å². The standard InChI is InChI=1S/C22H28N6OS/c1-15(2)12-19-17-5-3-4-16(17)18(13-23)21(25-19)28-9-7-27(8-10-28)14-20(29)26-22-24-6-11-30-22/h6,11,15H,3-5,7-10,12,14H2,1-2H3,(H,24,26,29). The molecule has 30 heavy (non-hydrogen) atoms. The Morgan fingerprint density at radius 3 is 2.70 bits per heavy atom. The highest BCUT2D eigenvalue weighted by molar-refractivity contribution is 7.13. The topological polar surface area (TPSA) is 85.2 Å². The Hall–Kier alpha value is -2.50. The molecule has 1 aliphatic heterocycles. The van der Waals surface area contributed by atoms with E-state index in [0.717, 1.165) is 63.2 Å². The van der Waals surface area contributed by atoms with Gasteiger partial charge in [-0.3, -0.25) is 9.69 Å². The van der Waals surface area contributed by atoms with E-state index in [2.05, 4.69) is 40.0 Å². The molecule has 2 aromatic heterocycles. The molecule has 3 heterocycles. The molecule has 1 saturated heterocycles. The van der Waals surface area contributed by atoms with Gasteiger partial charge in [-0.25, -0.2) is 9.97 Å². The fourth-order valence-electron chi connectivity index (χ4n) is 4.39. The normalized spacial score (nSPS) is 16.5. The second kappa shape index (κ2) is 9.11. The zero-order chi connectivity index (χ0) is 21.1. The number of hydrogen-bond donors (Lipinski definition) is 1. The van der Waals surface area contributed by atoms with E-state index in [9.17, 15) is 10.1 Å². The number of nitrogens with zero attached hydrogens (tertiary/aromatic N) is 5. The van der Waals surface area contributed by atoms with Crippen LogP contribution in [0.15, 0.2) is 11.6 Å². The van der Waals surface area contributed by atoms with Crippen LogP contribution in [0.3, 0.4) is 0 Å². The van der Waals surface area contributed by atoms with Crippen LogP contribution < -0.4 is 10.2 Å². The molecule has 0 bridgehead atoms.